The van der Waals surface area contributed by atoms with Gasteiger partial charge in [0.2, 0.25) is 0 Å². The molecule has 4 heteroatoms. The molecular formula is C47H90O4. The van der Waals surface area contributed by atoms with Crippen molar-refractivity contribution in [1.29, 1.82) is 0 Å². The van der Waals surface area contributed by atoms with Crippen molar-refractivity contribution in [2.24, 2.45) is 0 Å². The Balaban J connectivity index is 3.39. The molecule has 0 saturated carbocycles. The molecule has 302 valence electrons. The van der Waals surface area contributed by atoms with Crippen molar-refractivity contribution in [2.45, 2.75) is 251 Å². The van der Waals surface area contributed by atoms with Crippen LogP contribution >= 0.6 is 0 Å². The van der Waals surface area contributed by atoms with Crippen molar-refractivity contribution in [2.75, 3.05) is 19.8 Å². The maximum atomic E-state index is 12.2. The second-order valence-corrected chi connectivity index (χ2v) is 15.5. The molecule has 0 spiro atoms. The Morgan fingerprint density at radius 1 is 0.451 bits per heavy atom. The van der Waals surface area contributed by atoms with Crippen LogP contribution < -0.4 is 0 Å². The molecule has 1 unspecified atom stereocenters. The number of aliphatic hydroxyl groups excluding tert-OH is 1. The Hall–Kier alpha value is -1.13. The predicted octanol–water partition coefficient (Wildman–Crippen LogP) is 15.1. The van der Waals surface area contributed by atoms with Gasteiger partial charge in [-0.05, 0) is 64.2 Å². The molecule has 51 heavy (non-hydrogen) atoms. The van der Waals surface area contributed by atoms with Gasteiger partial charge in [-0.1, -0.05) is 199 Å². The van der Waals surface area contributed by atoms with Crippen LogP contribution in [0.5, 0.6) is 0 Å². The van der Waals surface area contributed by atoms with Gasteiger partial charge in [0.05, 0.1) is 13.2 Å². The van der Waals surface area contributed by atoms with E-state index in [0.717, 1.165) is 19.3 Å². The lowest BCUT2D eigenvalue weighted by molar-refractivity contribution is -0.154. The van der Waals surface area contributed by atoms with Crippen LogP contribution in [-0.4, -0.2) is 37.0 Å². The third-order valence-corrected chi connectivity index (χ3v) is 10.2. The lowest BCUT2D eigenvalue weighted by atomic mass is 10.0. The molecule has 0 heterocycles. The quantitative estimate of drug-likeness (QED) is 0.0387. The van der Waals surface area contributed by atoms with Crippen molar-refractivity contribution in [3.63, 3.8) is 0 Å². The van der Waals surface area contributed by atoms with Crippen LogP contribution in [0.25, 0.3) is 0 Å². The van der Waals surface area contributed by atoms with E-state index in [1.54, 1.807) is 0 Å². The predicted molar refractivity (Wildman–Crippen MR) is 224 cm³/mol. The number of esters is 1. The Morgan fingerprint density at radius 3 is 1.12 bits per heavy atom. The van der Waals surface area contributed by atoms with E-state index in [0.29, 0.717) is 19.6 Å². The Kier molecular flexibility index (Phi) is 44.0. The highest BCUT2D eigenvalue weighted by Crippen LogP contribution is 2.15. The number of aliphatic hydroxyl groups is 1. The topological polar surface area (TPSA) is 55.8 Å². The Labute approximate surface area is 319 Å². The average molecular weight is 719 g/mol. The summed E-state index contributed by atoms with van der Waals surface area (Å²) in [5.74, 6) is -0.200. The van der Waals surface area contributed by atoms with Crippen LogP contribution in [0, 0.1) is 0 Å². The second-order valence-electron chi connectivity index (χ2n) is 15.5. The van der Waals surface area contributed by atoms with Gasteiger partial charge in [-0.3, -0.25) is 4.79 Å². The van der Waals surface area contributed by atoms with Crippen molar-refractivity contribution in [3.8, 4) is 0 Å². The number of hydrogen-bond donors (Lipinski definition) is 1. The Bertz CT molecular complexity index is 717. The van der Waals surface area contributed by atoms with E-state index >= 15 is 0 Å². The van der Waals surface area contributed by atoms with E-state index in [1.807, 2.05) is 0 Å². The van der Waals surface area contributed by atoms with Gasteiger partial charge >= 0.3 is 5.97 Å². The molecule has 0 amide bonds. The largest absolute Gasteiger partial charge is 0.457 e. The number of carbonyl (C=O) groups is 1. The summed E-state index contributed by atoms with van der Waals surface area (Å²) in [5.41, 5.74) is 0. The summed E-state index contributed by atoms with van der Waals surface area (Å²) in [5, 5.41) is 9.61. The molecule has 4 nitrogen and oxygen atoms in total. The summed E-state index contributed by atoms with van der Waals surface area (Å²) >= 11 is 0. The summed E-state index contributed by atoms with van der Waals surface area (Å²) in [6.45, 7) is 5.36. The number of rotatable bonds is 43. The maximum Gasteiger partial charge on any atom is 0.306 e. The van der Waals surface area contributed by atoms with Crippen molar-refractivity contribution < 1.29 is 19.4 Å². The highest BCUT2D eigenvalue weighted by molar-refractivity contribution is 5.69. The highest BCUT2D eigenvalue weighted by Gasteiger charge is 2.13. The van der Waals surface area contributed by atoms with Crippen molar-refractivity contribution in [3.05, 3.63) is 24.3 Å². The van der Waals surface area contributed by atoms with Gasteiger partial charge in [0, 0.05) is 13.0 Å². The minimum absolute atomic E-state index is 0.171. The molecule has 0 aliphatic heterocycles. The summed E-state index contributed by atoms with van der Waals surface area (Å²) in [4.78, 5) is 12.2. The normalized spacial score (nSPS) is 12.5. The second kappa shape index (κ2) is 45.0. The first kappa shape index (κ1) is 49.9. The molecule has 0 aliphatic carbocycles. The van der Waals surface area contributed by atoms with Gasteiger partial charge in [-0.15, -0.1) is 0 Å². The van der Waals surface area contributed by atoms with Crippen LogP contribution in [0.1, 0.15) is 245 Å². The smallest absolute Gasteiger partial charge is 0.306 e. The molecule has 0 rings (SSSR count). The highest BCUT2D eigenvalue weighted by atomic mass is 16.6. The minimum Gasteiger partial charge on any atom is -0.457 e. The molecule has 0 radical (unpaired) electrons. The van der Waals surface area contributed by atoms with Gasteiger partial charge in [0.15, 0.2) is 0 Å². The number of ether oxygens (including phenoxy) is 2. The first-order chi connectivity index (χ1) is 25.2. The molecule has 0 fully saturated rings. The van der Waals surface area contributed by atoms with Gasteiger partial charge in [-0.2, -0.15) is 0 Å². The molecule has 1 N–H and O–H groups in total. The average Bonchev–Trinajstić information content (AvgIpc) is 3.14. The molecule has 0 aromatic carbocycles. The summed E-state index contributed by atoms with van der Waals surface area (Å²) in [7, 11) is 0. The molecule has 0 bridgehead atoms. The summed E-state index contributed by atoms with van der Waals surface area (Å²) < 4.78 is 11.2. The lowest BCUT2D eigenvalue weighted by Crippen LogP contribution is -2.27. The summed E-state index contributed by atoms with van der Waals surface area (Å²) in [6, 6.07) is 0. The van der Waals surface area contributed by atoms with Gasteiger partial charge in [0.1, 0.15) is 6.10 Å². The van der Waals surface area contributed by atoms with E-state index in [4.69, 9.17) is 9.47 Å². The fourth-order valence-corrected chi connectivity index (χ4v) is 6.79. The standard InChI is InChI=1S/C47H90O4/c1-3-5-7-9-11-13-15-17-19-21-22-23-24-25-26-27-28-30-32-34-36-38-40-42-47(49)51-46(44-48)45-50-43-41-39-37-35-33-31-29-20-18-16-14-12-10-8-6-4-2/h18,20-22,46,48H,3-17,19,23-45H2,1-2H3/b20-18-,22-21-. The van der Waals surface area contributed by atoms with E-state index in [2.05, 4.69) is 38.2 Å². The van der Waals surface area contributed by atoms with E-state index in [9.17, 15) is 9.90 Å². The monoisotopic (exact) mass is 719 g/mol. The fourth-order valence-electron chi connectivity index (χ4n) is 6.79. The number of allylic oxidation sites excluding steroid dienone is 4. The first-order valence-corrected chi connectivity index (χ1v) is 22.9. The van der Waals surface area contributed by atoms with Crippen LogP contribution in [0.2, 0.25) is 0 Å². The van der Waals surface area contributed by atoms with Crippen molar-refractivity contribution in [1.82, 2.24) is 0 Å². The number of hydrogen-bond acceptors (Lipinski definition) is 4. The molecule has 0 aliphatic rings. The zero-order valence-electron chi connectivity index (χ0n) is 34.6. The third-order valence-electron chi connectivity index (χ3n) is 10.2. The van der Waals surface area contributed by atoms with E-state index < -0.39 is 6.10 Å². The van der Waals surface area contributed by atoms with E-state index in [1.165, 1.54) is 205 Å². The number of unbranched alkanes of at least 4 members (excludes halogenated alkanes) is 31. The number of carbonyl (C=O) groups excluding carboxylic acids is 1. The Morgan fingerprint density at radius 2 is 0.765 bits per heavy atom. The maximum absolute atomic E-state index is 12.2. The SMILES string of the molecule is CCCCCCCC/C=C\CCCCCCCCOCC(CO)OC(=O)CCCCCCCCCCCCC/C=C\CCCCCCCCCC. The van der Waals surface area contributed by atoms with Crippen LogP contribution in [0.15, 0.2) is 24.3 Å². The zero-order chi connectivity index (χ0) is 37.0. The lowest BCUT2D eigenvalue weighted by Gasteiger charge is -2.15. The minimum atomic E-state index is -0.535. The molecule has 1 atom stereocenters. The van der Waals surface area contributed by atoms with Crippen LogP contribution in [0.3, 0.4) is 0 Å². The molecule has 0 saturated heterocycles. The molecule has 0 aromatic heterocycles. The zero-order valence-corrected chi connectivity index (χ0v) is 34.6. The molecular weight excluding hydrogens is 629 g/mol. The van der Waals surface area contributed by atoms with Crippen molar-refractivity contribution >= 4 is 5.97 Å². The van der Waals surface area contributed by atoms with Crippen LogP contribution in [-0.2, 0) is 14.3 Å². The fraction of sp³-hybridized carbons (Fsp3) is 0.894. The molecule has 0 aromatic rings. The third kappa shape index (κ3) is 43.2. The van der Waals surface area contributed by atoms with E-state index in [-0.39, 0.29) is 12.6 Å². The van der Waals surface area contributed by atoms with Gasteiger partial charge in [0.25, 0.3) is 0 Å². The van der Waals surface area contributed by atoms with Gasteiger partial charge in [-0.25, -0.2) is 0 Å². The van der Waals surface area contributed by atoms with Gasteiger partial charge < -0.3 is 14.6 Å². The van der Waals surface area contributed by atoms with Crippen LogP contribution in [0.4, 0.5) is 0 Å². The summed E-state index contributed by atoms with van der Waals surface area (Å²) in [6.07, 6.45) is 55.3. The first-order valence-electron chi connectivity index (χ1n) is 22.9.